The van der Waals surface area contributed by atoms with Crippen molar-refractivity contribution in [2.24, 2.45) is 4.99 Å². The molecule has 0 fully saturated rings. The van der Waals surface area contributed by atoms with Crippen LogP contribution in [0.25, 0.3) is 11.1 Å². The highest BCUT2D eigenvalue weighted by atomic mass is 16.2. The van der Waals surface area contributed by atoms with E-state index in [0.29, 0.717) is 0 Å². The average molecular weight is 342 g/mol. The molecular weight excluding hydrogens is 324 g/mol. The van der Waals surface area contributed by atoms with Gasteiger partial charge in [0, 0.05) is 40.6 Å². The maximum absolute atomic E-state index is 12.2. The molecule has 4 rings (SSSR count). The lowest BCUT2D eigenvalue weighted by molar-refractivity contribution is 0.262. The minimum Gasteiger partial charge on any atom is -0.361 e. The number of nitrogens with zero attached hydrogens (tertiary/aromatic N) is 1. The van der Waals surface area contributed by atoms with Crippen molar-refractivity contribution in [3.8, 4) is 0 Å². The number of anilines is 2. The molecule has 2 amide bonds. The molecule has 0 spiro atoms. The van der Waals surface area contributed by atoms with Gasteiger partial charge in [-0.3, -0.25) is 4.99 Å². The van der Waals surface area contributed by atoms with Gasteiger partial charge in [-0.05, 0) is 55.0 Å². The fourth-order valence-corrected chi connectivity index (χ4v) is 2.97. The maximum Gasteiger partial charge on any atom is 0.323 e. The summed E-state index contributed by atoms with van der Waals surface area (Å²) < 4.78 is 0. The van der Waals surface area contributed by atoms with Gasteiger partial charge in [-0.25, -0.2) is 4.79 Å². The van der Waals surface area contributed by atoms with E-state index in [1.807, 2.05) is 73.1 Å². The summed E-state index contributed by atoms with van der Waals surface area (Å²) in [5.41, 5.74) is 6.60. The molecule has 1 aromatic heterocycles. The molecular formula is C21H18N4O. The molecule has 128 valence electrons. The molecule has 5 heteroatoms. The van der Waals surface area contributed by atoms with Gasteiger partial charge in [-0.1, -0.05) is 18.2 Å². The summed E-state index contributed by atoms with van der Waals surface area (Å²) in [6, 6.07) is 18.8. The number of hydrogen-bond acceptors (Lipinski definition) is 2. The van der Waals surface area contributed by atoms with Crippen LogP contribution in [0.5, 0.6) is 0 Å². The van der Waals surface area contributed by atoms with Crippen molar-refractivity contribution in [2.75, 3.05) is 10.6 Å². The van der Waals surface area contributed by atoms with E-state index in [4.69, 9.17) is 0 Å². The fourth-order valence-electron chi connectivity index (χ4n) is 2.97. The minimum absolute atomic E-state index is 0.276. The van der Waals surface area contributed by atoms with Crippen LogP contribution in [0.2, 0.25) is 0 Å². The van der Waals surface area contributed by atoms with Crippen molar-refractivity contribution in [3.05, 3.63) is 78.1 Å². The van der Waals surface area contributed by atoms with Crippen LogP contribution in [0.3, 0.4) is 0 Å². The third-order valence-corrected chi connectivity index (χ3v) is 4.31. The lowest BCUT2D eigenvalue weighted by Gasteiger charge is -2.10. The number of aromatic amines is 1. The smallest absolute Gasteiger partial charge is 0.323 e. The Kier molecular flexibility index (Phi) is 4.11. The van der Waals surface area contributed by atoms with Gasteiger partial charge in [-0.15, -0.1) is 0 Å². The molecule has 0 bridgehead atoms. The van der Waals surface area contributed by atoms with Crippen LogP contribution in [0, 0.1) is 0 Å². The molecule has 0 atom stereocenters. The van der Waals surface area contributed by atoms with E-state index in [1.54, 1.807) is 0 Å². The molecule has 1 aliphatic heterocycles. The van der Waals surface area contributed by atoms with E-state index in [0.717, 1.165) is 39.5 Å². The van der Waals surface area contributed by atoms with Crippen molar-refractivity contribution in [1.82, 2.24) is 4.98 Å². The summed E-state index contributed by atoms with van der Waals surface area (Å²) >= 11 is 0. The molecule has 26 heavy (non-hydrogen) atoms. The first kappa shape index (κ1) is 15.9. The standard InChI is InChI=1S/C21H18N4O/c1-14(19-8-5-11-22-19)18-13-23-20-10-9-16(12-17(18)20)25-21(26)24-15-6-3-2-4-7-15/h2-13,22H,1H3,(H2,24,25,26). The van der Waals surface area contributed by atoms with Gasteiger partial charge in [0.2, 0.25) is 0 Å². The highest BCUT2D eigenvalue weighted by Gasteiger charge is 2.17. The molecule has 0 saturated heterocycles. The maximum atomic E-state index is 12.2. The Morgan fingerprint density at radius 1 is 0.962 bits per heavy atom. The number of urea groups is 1. The Balaban J connectivity index is 1.57. The third-order valence-electron chi connectivity index (χ3n) is 4.31. The lowest BCUT2D eigenvalue weighted by Crippen LogP contribution is -2.19. The molecule has 0 aliphatic carbocycles. The highest BCUT2D eigenvalue weighted by molar-refractivity contribution is 6.24. The predicted octanol–water partition coefficient (Wildman–Crippen LogP) is 5.31. The third kappa shape index (κ3) is 3.15. The largest absolute Gasteiger partial charge is 0.361 e. The summed E-state index contributed by atoms with van der Waals surface area (Å²) in [5.74, 6) is 0. The van der Waals surface area contributed by atoms with Crippen molar-refractivity contribution >= 4 is 40.5 Å². The van der Waals surface area contributed by atoms with Gasteiger partial charge in [0.25, 0.3) is 0 Å². The summed E-state index contributed by atoms with van der Waals surface area (Å²) in [5, 5.41) is 5.69. The van der Waals surface area contributed by atoms with E-state index in [1.165, 1.54) is 0 Å². The first-order valence-electron chi connectivity index (χ1n) is 8.37. The normalized spacial score (nSPS) is 14.0. The number of aliphatic imine (C=N–C) groups is 1. The number of hydrogen-bond donors (Lipinski definition) is 3. The van der Waals surface area contributed by atoms with Crippen molar-refractivity contribution in [3.63, 3.8) is 0 Å². The molecule has 5 nitrogen and oxygen atoms in total. The molecule has 3 N–H and O–H groups in total. The SMILES string of the molecule is CC(=C1C=Nc2ccc(NC(=O)Nc3ccccc3)cc21)c1ccc[nH]1. The van der Waals surface area contributed by atoms with E-state index < -0.39 is 0 Å². The van der Waals surface area contributed by atoms with Crippen molar-refractivity contribution < 1.29 is 4.79 Å². The monoisotopic (exact) mass is 342 g/mol. The van der Waals surface area contributed by atoms with Gasteiger partial charge in [0.05, 0.1) is 5.69 Å². The second kappa shape index (κ2) is 6.72. The first-order valence-corrected chi connectivity index (χ1v) is 8.37. The minimum atomic E-state index is -0.276. The summed E-state index contributed by atoms with van der Waals surface area (Å²) in [4.78, 5) is 19.9. The quantitative estimate of drug-likeness (QED) is 0.593. The topological polar surface area (TPSA) is 69.3 Å². The zero-order chi connectivity index (χ0) is 17.9. The van der Waals surface area contributed by atoms with E-state index >= 15 is 0 Å². The van der Waals surface area contributed by atoms with Crippen LogP contribution in [0.1, 0.15) is 18.2 Å². The van der Waals surface area contributed by atoms with Crippen LogP contribution in [0.15, 0.2) is 71.9 Å². The Bertz CT molecular complexity index is 1000. The van der Waals surface area contributed by atoms with Gasteiger partial charge >= 0.3 is 6.03 Å². The summed E-state index contributed by atoms with van der Waals surface area (Å²) in [6.45, 7) is 2.06. The lowest BCUT2D eigenvalue weighted by atomic mass is 10.00. The van der Waals surface area contributed by atoms with Crippen molar-refractivity contribution in [1.29, 1.82) is 0 Å². The fraction of sp³-hybridized carbons (Fsp3) is 0.0476. The van der Waals surface area contributed by atoms with Crippen LogP contribution in [0.4, 0.5) is 21.9 Å². The molecule has 2 heterocycles. The van der Waals surface area contributed by atoms with E-state index in [2.05, 4.69) is 27.5 Å². The number of benzene rings is 2. The van der Waals surface area contributed by atoms with E-state index in [9.17, 15) is 4.79 Å². The number of allylic oxidation sites excluding steroid dienone is 2. The van der Waals surface area contributed by atoms with Crippen LogP contribution < -0.4 is 10.6 Å². The second-order valence-electron chi connectivity index (χ2n) is 6.06. The molecule has 0 unspecified atom stereocenters. The Morgan fingerprint density at radius 2 is 1.77 bits per heavy atom. The zero-order valence-corrected chi connectivity index (χ0v) is 14.3. The Morgan fingerprint density at radius 3 is 2.54 bits per heavy atom. The molecule has 2 aromatic carbocycles. The van der Waals surface area contributed by atoms with E-state index in [-0.39, 0.29) is 6.03 Å². The van der Waals surface area contributed by atoms with Gasteiger partial charge in [0.1, 0.15) is 0 Å². The first-order chi connectivity index (χ1) is 12.7. The summed E-state index contributed by atoms with van der Waals surface area (Å²) in [6.07, 6.45) is 3.77. The molecule has 0 saturated carbocycles. The average Bonchev–Trinajstić information content (AvgIpc) is 3.32. The number of aromatic nitrogens is 1. The number of para-hydroxylation sites is 1. The number of nitrogens with one attached hydrogen (secondary N) is 3. The summed E-state index contributed by atoms with van der Waals surface area (Å²) in [7, 11) is 0. The molecule has 1 aliphatic rings. The number of fused-ring (bicyclic) bond motifs is 1. The van der Waals surface area contributed by atoms with Gasteiger partial charge in [-0.2, -0.15) is 0 Å². The number of rotatable bonds is 3. The second-order valence-corrected chi connectivity index (χ2v) is 6.06. The Labute approximate surface area is 151 Å². The Hall–Kier alpha value is -3.60. The number of H-pyrrole nitrogens is 1. The molecule has 3 aromatic rings. The number of carbonyl (C=O) groups excluding carboxylic acids is 1. The number of carbonyl (C=O) groups is 1. The zero-order valence-electron chi connectivity index (χ0n) is 14.3. The predicted molar refractivity (Wildman–Crippen MR) is 107 cm³/mol. The van der Waals surface area contributed by atoms with Crippen molar-refractivity contribution in [2.45, 2.75) is 6.92 Å². The van der Waals surface area contributed by atoms with Crippen LogP contribution in [-0.4, -0.2) is 17.2 Å². The number of amides is 2. The van der Waals surface area contributed by atoms with Gasteiger partial charge in [0.15, 0.2) is 0 Å². The van der Waals surface area contributed by atoms with Crippen LogP contribution in [-0.2, 0) is 0 Å². The molecule has 0 radical (unpaired) electrons. The van der Waals surface area contributed by atoms with Crippen LogP contribution >= 0.6 is 0 Å². The highest BCUT2D eigenvalue weighted by Crippen LogP contribution is 2.37. The van der Waals surface area contributed by atoms with Gasteiger partial charge < -0.3 is 15.6 Å².